The highest BCUT2D eigenvalue weighted by Gasteiger charge is 2.44. The minimum atomic E-state index is -4.66. The van der Waals surface area contributed by atoms with Gasteiger partial charge in [-0.15, -0.1) is 0 Å². The monoisotopic (exact) mass is 346 g/mol. The van der Waals surface area contributed by atoms with E-state index in [9.17, 15) is 9.67 Å². The Morgan fingerprint density at radius 1 is 1.39 bits per heavy atom. The van der Waals surface area contributed by atoms with Gasteiger partial charge in [-0.3, -0.25) is 9.09 Å². The van der Waals surface area contributed by atoms with Crippen LogP contribution in [0.4, 0.5) is 5.82 Å². The number of ether oxygens (including phenoxy) is 1. The van der Waals surface area contributed by atoms with Gasteiger partial charge in [-0.05, 0) is 0 Å². The number of anilines is 1. The van der Waals surface area contributed by atoms with E-state index >= 15 is 0 Å². The van der Waals surface area contributed by atoms with Gasteiger partial charge in [0.2, 0.25) is 0 Å². The molecule has 13 heteroatoms. The predicted octanol–water partition coefficient (Wildman–Crippen LogP) is -1.90. The first-order valence-electron chi connectivity index (χ1n) is 6.50. The van der Waals surface area contributed by atoms with Gasteiger partial charge in [0.15, 0.2) is 17.7 Å². The van der Waals surface area contributed by atoms with Crippen molar-refractivity contribution in [2.45, 2.75) is 24.5 Å². The highest BCUT2D eigenvalue weighted by atomic mass is 31.2. The normalized spacial score (nSPS) is 28.5. The molecule has 0 aliphatic carbocycles. The number of aliphatic hydroxyl groups is 1. The predicted molar refractivity (Wildman–Crippen MR) is 75.6 cm³/mol. The Labute approximate surface area is 129 Å². The van der Waals surface area contributed by atoms with Crippen molar-refractivity contribution in [3.05, 3.63) is 12.7 Å². The van der Waals surface area contributed by atoms with Gasteiger partial charge >= 0.3 is 7.82 Å². The highest BCUT2D eigenvalue weighted by Crippen LogP contribution is 2.38. The van der Waals surface area contributed by atoms with E-state index in [0.717, 1.165) is 0 Å². The molecule has 7 N–H and O–H groups in total. The van der Waals surface area contributed by atoms with Crippen LogP contribution in [-0.4, -0.2) is 59.3 Å². The molecule has 1 saturated heterocycles. The molecule has 0 unspecified atom stereocenters. The summed E-state index contributed by atoms with van der Waals surface area (Å²) in [4.78, 5) is 29.4. The molecule has 23 heavy (non-hydrogen) atoms. The molecule has 1 fully saturated rings. The third-order valence-electron chi connectivity index (χ3n) is 3.50. The first-order valence-corrected chi connectivity index (χ1v) is 8.03. The molecule has 0 spiro atoms. The van der Waals surface area contributed by atoms with Gasteiger partial charge in [0.05, 0.1) is 19.0 Å². The minimum absolute atomic E-state index is 0.173. The quantitative estimate of drug-likeness (QED) is 0.388. The Hall–Kier alpha value is -1.66. The number of hydrogen-bond acceptors (Lipinski definition) is 9. The van der Waals surface area contributed by atoms with E-state index in [1.54, 1.807) is 0 Å². The lowest BCUT2D eigenvalue weighted by molar-refractivity contribution is -0.0483. The summed E-state index contributed by atoms with van der Waals surface area (Å²) in [6.07, 6.45) is -0.420. The fourth-order valence-corrected chi connectivity index (χ4v) is 2.71. The highest BCUT2D eigenvalue weighted by molar-refractivity contribution is 7.46. The second-order valence-corrected chi connectivity index (χ2v) is 6.24. The largest absolute Gasteiger partial charge is 0.469 e. The van der Waals surface area contributed by atoms with E-state index in [2.05, 4.69) is 19.5 Å². The van der Waals surface area contributed by atoms with E-state index in [-0.39, 0.29) is 5.82 Å². The number of phosphoric ester groups is 1. The van der Waals surface area contributed by atoms with Gasteiger partial charge in [-0.2, -0.15) is 0 Å². The summed E-state index contributed by atoms with van der Waals surface area (Å²) >= 11 is 0. The molecule has 0 saturated carbocycles. The Balaban J connectivity index is 1.85. The van der Waals surface area contributed by atoms with Crippen LogP contribution in [0.3, 0.4) is 0 Å². The van der Waals surface area contributed by atoms with Crippen molar-refractivity contribution in [3.63, 3.8) is 0 Å². The van der Waals surface area contributed by atoms with E-state index in [0.29, 0.717) is 11.2 Å². The van der Waals surface area contributed by atoms with Crippen molar-refractivity contribution < 1.29 is 28.7 Å². The van der Waals surface area contributed by atoms with Crippen LogP contribution in [0.5, 0.6) is 0 Å². The molecule has 12 nitrogen and oxygen atoms in total. The van der Waals surface area contributed by atoms with Crippen LogP contribution >= 0.6 is 7.82 Å². The van der Waals surface area contributed by atoms with Crippen LogP contribution in [0.2, 0.25) is 0 Å². The smallest absolute Gasteiger partial charge is 0.387 e. The molecule has 0 amide bonds. The van der Waals surface area contributed by atoms with Gasteiger partial charge in [0.1, 0.15) is 24.1 Å². The average Bonchev–Trinajstić information content (AvgIpc) is 3.01. The summed E-state index contributed by atoms with van der Waals surface area (Å²) < 4.78 is 22.1. The van der Waals surface area contributed by atoms with Crippen molar-refractivity contribution in [2.75, 3.05) is 12.3 Å². The lowest BCUT2D eigenvalue weighted by atomic mass is 10.1. The summed E-state index contributed by atoms with van der Waals surface area (Å²) in [7, 11) is -4.66. The summed E-state index contributed by atoms with van der Waals surface area (Å²) in [6, 6.07) is -0.914. The lowest BCUT2D eigenvalue weighted by Crippen LogP contribution is -2.41. The zero-order chi connectivity index (χ0) is 16.8. The number of nitrogens with zero attached hydrogens (tertiary/aromatic N) is 4. The molecule has 3 heterocycles. The molecular formula is C10H15N6O6P. The van der Waals surface area contributed by atoms with Crippen LogP contribution in [0.15, 0.2) is 12.7 Å². The standard InChI is InChI=1S/C10H15N6O6P/c11-5-4(1-21-23(18,19)20)22-10(7(5)17)16-3-15-6-8(12)13-2-14-9(6)16/h2-5,7,10,17H,1,11H2,(H2,12,13,14)(H2,18,19,20)/t4-,5-,7-,10-/m1/s1. The summed E-state index contributed by atoms with van der Waals surface area (Å²) in [5, 5.41) is 10.2. The fourth-order valence-electron chi connectivity index (χ4n) is 2.37. The van der Waals surface area contributed by atoms with Gasteiger partial charge in [-0.25, -0.2) is 19.5 Å². The Kier molecular flexibility index (Phi) is 4.06. The maximum Gasteiger partial charge on any atom is 0.469 e. The van der Waals surface area contributed by atoms with Gasteiger partial charge in [-0.1, -0.05) is 0 Å². The SMILES string of the molecule is Nc1ncnc2c1ncn2[C@@H]1O[C@H](COP(=O)(O)O)[C@@H](N)[C@H]1O. The van der Waals surface area contributed by atoms with Crippen molar-refractivity contribution in [1.82, 2.24) is 19.5 Å². The third-order valence-corrected chi connectivity index (χ3v) is 3.98. The number of fused-ring (bicyclic) bond motifs is 1. The number of nitrogen functional groups attached to an aromatic ring is 1. The Bertz CT molecular complexity index is 763. The average molecular weight is 346 g/mol. The number of imidazole rings is 1. The van der Waals surface area contributed by atoms with E-state index in [1.807, 2.05) is 0 Å². The van der Waals surface area contributed by atoms with Crippen molar-refractivity contribution >= 4 is 24.8 Å². The molecule has 1 aliphatic rings. The van der Waals surface area contributed by atoms with E-state index in [4.69, 9.17) is 26.0 Å². The van der Waals surface area contributed by atoms with Gasteiger partial charge in [0.25, 0.3) is 0 Å². The molecule has 4 atom stereocenters. The first-order chi connectivity index (χ1) is 10.8. The zero-order valence-corrected chi connectivity index (χ0v) is 12.5. The molecule has 2 aromatic heterocycles. The zero-order valence-electron chi connectivity index (χ0n) is 11.6. The minimum Gasteiger partial charge on any atom is -0.387 e. The Morgan fingerprint density at radius 2 is 2.13 bits per heavy atom. The van der Waals surface area contributed by atoms with Gasteiger partial charge in [0, 0.05) is 0 Å². The van der Waals surface area contributed by atoms with Crippen molar-refractivity contribution in [3.8, 4) is 0 Å². The van der Waals surface area contributed by atoms with E-state index in [1.165, 1.54) is 17.2 Å². The topological polar surface area (TPSA) is 192 Å². The molecule has 126 valence electrons. The van der Waals surface area contributed by atoms with Crippen LogP contribution in [-0.2, 0) is 13.8 Å². The maximum absolute atomic E-state index is 10.8. The second-order valence-electron chi connectivity index (χ2n) is 5.00. The molecule has 0 radical (unpaired) electrons. The lowest BCUT2D eigenvalue weighted by Gasteiger charge is -2.16. The van der Waals surface area contributed by atoms with Crippen LogP contribution < -0.4 is 11.5 Å². The summed E-state index contributed by atoms with van der Waals surface area (Å²) in [5.74, 6) is 0.173. The molecule has 0 bridgehead atoms. The third kappa shape index (κ3) is 3.05. The Morgan fingerprint density at radius 3 is 2.83 bits per heavy atom. The first kappa shape index (κ1) is 16.2. The van der Waals surface area contributed by atoms with Crippen molar-refractivity contribution in [1.29, 1.82) is 0 Å². The number of aromatic nitrogens is 4. The fraction of sp³-hybridized carbons (Fsp3) is 0.500. The second kappa shape index (κ2) is 5.76. The van der Waals surface area contributed by atoms with Crippen LogP contribution in [0, 0.1) is 0 Å². The van der Waals surface area contributed by atoms with E-state index < -0.39 is 38.9 Å². The molecule has 3 rings (SSSR count). The number of hydrogen-bond donors (Lipinski definition) is 5. The molecule has 0 aromatic carbocycles. The maximum atomic E-state index is 10.8. The number of nitrogens with two attached hydrogens (primary N) is 2. The number of aliphatic hydroxyl groups excluding tert-OH is 1. The molecule has 1 aliphatic heterocycles. The van der Waals surface area contributed by atoms with Crippen LogP contribution in [0.25, 0.3) is 11.2 Å². The molecule has 2 aromatic rings. The number of phosphoric acid groups is 1. The number of rotatable bonds is 4. The van der Waals surface area contributed by atoms with Crippen molar-refractivity contribution in [2.24, 2.45) is 5.73 Å². The summed E-state index contributed by atoms with van der Waals surface area (Å²) in [6.45, 7) is -0.469. The summed E-state index contributed by atoms with van der Waals surface area (Å²) in [5.41, 5.74) is 12.2. The molecular weight excluding hydrogens is 331 g/mol. The van der Waals surface area contributed by atoms with Gasteiger partial charge < -0.3 is 31.1 Å². The van der Waals surface area contributed by atoms with Crippen LogP contribution in [0.1, 0.15) is 6.23 Å².